The van der Waals surface area contributed by atoms with Gasteiger partial charge in [0.05, 0.1) is 26.0 Å². The first-order valence-electron chi connectivity index (χ1n) is 16.1. The lowest BCUT2D eigenvalue weighted by Gasteiger charge is -2.21. The van der Waals surface area contributed by atoms with Gasteiger partial charge < -0.3 is 4.42 Å². The Morgan fingerprint density at radius 2 is 1.53 bits per heavy atom. The topological polar surface area (TPSA) is 40.8 Å². The molecule has 3 nitrogen and oxygen atoms in total. The van der Waals surface area contributed by atoms with Crippen molar-refractivity contribution in [2.45, 2.75) is 53.1 Å². The third kappa shape index (κ3) is 4.88. The first-order chi connectivity index (χ1) is 21.7. The molecule has 0 aliphatic heterocycles. The molecule has 0 N–H and O–H groups in total. The Labute approximate surface area is 260 Å². The highest BCUT2D eigenvalue weighted by molar-refractivity contribution is 6.72. The Morgan fingerprint density at radius 3 is 2.19 bits per heavy atom. The Hall–Kier alpha value is -4.46. The number of furan rings is 1. The number of nitrogens with zero attached hydrogens (tertiary/aromatic N) is 2. The van der Waals surface area contributed by atoms with Gasteiger partial charge in [-0.25, -0.2) is 4.57 Å². The molecule has 4 aromatic carbocycles. The molecule has 0 bridgehead atoms. The van der Waals surface area contributed by atoms with Crippen molar-refractivity contribution in [3.05, 3.63) is 107 Å². The fourth-order valence-corrected chi connectivity index (χ4v) is 7.27. The van der Waals surface area contributed by atoms with Crippen LogP contribution in [0.15, 0.2) is 89.5 Å². The second kappa shape index (κ2) is 10.7. The van der Waals surface area contributed by atoms with Gasteiger partial charge in [-0.15, -0.1) is 0 Å². The summed E-state index contributed by atoms with van der Waals surface area (Å²) in [5, 5.41) is 13.1. The van der Waals surface area contributed by atoms with Gasteiger partial charge in [-0.2, -0.15) is 5.26 Å². The van der Waals surface area contributed by atoms with Gasteiger partial charge in [0.1, 0.15) is 18.2 Å². The predicted molar refractivity (Wildman–Crippen MR) is 181 cm³/mol. The quantitative estimate of drug-likeness (QED) is 0.154. The zero-order valence-corrected chi connectivity index (χ0v) is 26.9. The molecule has 0 unspecified atom stereocenters. The van der Waals surface area contributed by atoms with Gasteiger partial charge in [-0.3, -0.25) is 0 Å². The van der Waals surface area contributed by atoms with Crippen LogP contribution in [0.5, 0.6) is 0 Å². The number of hydrogen-bond donors (Lipinski definition) is 0. The third-order valence-electron chi connectivity index (χ3n) is 8.45. The average Bonchev–Trinajstić information content (AvgIpc) is 3.38. The van der Waals surface area contributed by atoms with Gasteiger partial charge in [0.15, 0.2) is 6.20 Å². The van der Waals surface area contributed by atoms with E-state index in [-0.39, 0.29) is 5.41 Å². The number of hydrogen-bond acceptors (Lipinski definition) is 2. The maximum atomic E-state index is 10.0. The highest BCUT2D eigenvalue weighted by Crippen LogP contribution is 2.42. The molecule has 0 fully saturated rings. The summed E-state index contributed by atoms with van der Waals surface area (Å²) in [6.07, 6.45) is 2.17. The standard InChI is InChI=1S/C39H38N2OSi/c1-24-14-17-30-31-18-15-27(22-40)36(26-12-10-9-11-13-26)38(31)42-37(30)35(24)33-21-32(34(43(7)8)23-41(33)6)29-19-16-28(20-25(29)2)39(3,4)5/h9-21,23H,1-8H3/q+1/i2D3. The molecular weight excluding hydrogens is 541 g/mol. The molecule has 0 saturated heterocycles. The molecular formula is C39H38N2OSi+. The van der Waals surface area contributed by atoms with E-state index in [1.807, 2.05) is 61.6 Å². The Balaban J connectivity index is 1.68. The van der Waals surface area contributed by atoms with E-state index in [1.54, 1.807) is 0 Å². The van der Waals surface area contributed by atoms with E-state index < -0.39 is 15.6 Å². The monoisotopic (exact) mass is 581 g/mol. The molecule has 2 heterocycles. The van der Waals surface area contributed by atoms with Gasteiger partial charge >= 0.3 is 0 Å². The largest absolute Gasteiger partial charge is 0.454 e. The van der Waals surface area contributed by atoms with Crippen LogP contribution in [0, 0.1) is 25.1 Å². The van der Waals surface area contributed by atoms with Crippen LogP contribution in [0.1, 0.15) is 47.1 Å². The number of fused-ring (bicyclic) bond motifs is 3. The van der Waals surface area contributed by atoms with Crippen LogP contribution in [0.3, 0.4) is 0 Å². The molecule has 6 aromatic rings. The minimum absolute atomic E-state index is 0.182. The van der Waals surface area contributed by atoms with Crippen molar-refractivity contribution in [1.82, 2.24) is 0 Å². The molecule has 2 aromatic heterocycles. The Morgan fingerprint density at radius 1 is 0.837 bits per heavy atom. The lowest BCUT2D eigenvalue weighted by atomic mass is 9.84. The zero-order valence-electron chi connectivity index (χ0n) is 28.9. The molecule has 213 valence electrons. The SMILES string of the molecule is [2H]C([2H])([2H])c1cc(C(C)(C)C)ccc1-c1cc(-c2c(C)ccc3c2oc2c(-c4ccccc4)c(C#N)ccc23)[n+](C)cc1[Si](C)C. The van der Waals surface area contributed by atoms with Crippen molar-refractivity contribution in [3.63, 3.8) is 0 Å². The summed E-state index contributed by atoms with van der Waals surface area (Å²) in [6.45, 7) is 10.6. The van der Waals surface area contributed by atoms with E-state index in [1.165, 1.54) is 5.19 Å². The van der Waals surface area contributed by atoms with Gasteiger partial charge in [0.25, 0.3) is 0 Å². The Kier molecular flexibility index (Phi) is 6.22. The smallest absolute Gasteiger partial charge is 0.216 e. The molecule has 0 aliphatic carbocycles. The molecule has 0 aliphatic rings. The number of benzene rings is 4. The predicted octanol–water partition coefficient (Wildman–Crippen LogP) is 9.16. The fraction of sp³-hybridized carbons (Fsp3) is 0.231. The average molecular weight is 582 g/mol. The summed E-state index contributed by atoms with van der Waals surface area (Å²) in [5.74, 6) is 0. The molecule has 0 atom stereocenters. The highest BCUT2D eigenvalue weighted by atomic mass is 28.3. The molecule has 43 heavy (non-hydrogen) atoms. The summed E-state index contributed by atoms with van der Waals surface area (Å²) in [4.78, 5) is 0. The number of nitriles is 1. The van der Waals surface area contributed by atoms with Crippen LogP contribution in [-0.4, -0.2) is 8.80 Å². The summed E-state index contributed by atoms with van der Waals surface area (Å²) < 4.78 is 34.5. The van der Waals surface area contributed by atoms with Gasteiger partial charge in [0, 0.05) is 31.7 Å². The van der Waals surface area contributed by atoms with Crippen molar-refractivity contribution >= 4 is 35.9 Å². The highest BCUT2D eigenvalue weighted by Gasteiger charge is 2.26. The maximum absolute atomic E-state index is 10.0. The number of aromatic nitrogens is 1. The van der Waals surface area contributed by atoms with Crippen LogP contribution in [0.2, 0.25) is 13.1 Å². The lowest BCUT2D eigenvalue weighted by molar-refractivity contribution is -0.659. The van der Waals surface area contributed by atoms with Crippen molar-refractivity contribution < 1.29 is 13.1 Å². The van der Waals surface area contributed by atoms with E-state index in [9.17, 15) is 5.26 Å². The van der Waals surface area contributed by atoms with Crippen molar-refractivity contribution in [2.75, 3.05) is 0 Å². The first-order valence-corrected chi connectivity index (χ1v) is 17.1. The zero-order chi connectivity index (χ0) is 33.1. The first kappa shape index (κ1) is 25.1. The third-order valence-corrected chi connectivity index (χ3v) is 9.92. The minimum atomic E-state index is -2.28. The van der Waals surface area contributed by atoms with E-state index in [2.05, 4.69) is 81.9 Å². The fourth-order valence-electron chi connectivity index (χ4n) is 6.07. The molecule has 0 saturated carbocycles. The summed E-state index contributed by atoms with van der Waals surface area (Å²) >= 11 is 0. The minimum Gasteiger partial charge on any atom is -0.454 e. The van der Waals surface area contributed by atoms with Gasteiger partial charge in [-0.05, 0) is 64.7 Å². The van der Waals surface area contributed by atoms with Gasteiger partial charge in [-0.1, -0.05) is 94.5 Å². The van der Waals surface area contributed by atoms with E-state index in [4.69, 9.17) is 8.53 Å². The maximum Gasteiger partial charge on any atom is 0.216 e. The summed E-state index contributed by atoms with van der Waals surface area (Å²) in [5.41, 5.74) is 9.50. The number of pyridine rings is 1. The van der Waals surface area contributed by atoms with E-state index in [0.29, 0.717) is 16.7 Å². The number of rotatable bonds is 4. The molecule has 1 radical (unpaired) electrons. The second-order valence-electron chi connectivity index (χ2n) is 12.7. The lowest BCUT2D eigenvalue weighted by Crippen LogP contribution is -2.40. The molecule has 0 spiro atoms. The van der Waals surface area contributed by atoms with Crippen molar-refractivity contribution in [1.29, 1.82) is 5.26 Å². The summed E-state index contributed by atoms with van der Waals surface area (Å²) in [6, 6.07) is 28.4. The van der Waals surface area contributed by atoms with E-state index >= 15 is 0 Å². The van der Waals surface area contributed by atoms with Crippen LogP contribution in [0.25, 0.3) is 55.4 Å². The van der Waals surface area contributed by atoms with Crippen LogP contribution >= 0.6 is 0 Å². The van der Waals surface area contributed by atoms with E-state index in [0.717, 1.165) is 61.0 Å². The van der Waals surface area contributed by atoms with Gasteiger partial charge in [0.2, 0.25) is 5.69 Å². The number of aryl methyl sites for hydroxylation is 3. The van der Waals surface area contributed by atoms with Crippen LogP contribution in [-0.2, 0) is 12.5 Å². The van der Waals surface area contributed by atoms with Crippen molar-refractivity contribution in [2.24, 2.45) is 7.05 Å². The van der Waals surface area contributed by atoms with Crippen LogP contribution in [0.4, 0.5) is 0 Å². The summed E-state index contributed by atoms with van der Waals surface area (Å²) in [7, 11) is 1.06. The Bertz CT molecular complexity index is 2180. The van der Waals surface area contributed by atoms with Crippen molar-refractivity contribution in [3.8, 4) is 39.6 Å². The van der Waals surface area contributed by atoms with Crippen LogP contribution < -0.4 is 9.75 Å². The normalized spacial score (nSPS) is 13.2. The molecule has 4 heteroatoms. The molecule has 6 rings (SSSR count). The second-order valence-corrected chi connectivity index (χ2v) is 15.2. The molecule has 0 amide bonds.